The first kappa shape index (κ1) is 22.3. The van der Waals surface area contributed by atoms with E-state index in [0.717, 1.165) is 29.7 Å². The first-order chi connectivity index (χ1) is 17.0. The van der Waals surface area contributed by atoms with E-state index in [2.05, 4.69) is 10.6 Å². The second-order valence-corrected chi connectivity index (χ2v) is 8.36. The third kappa shape index (κ3) is 4.64. The lowest BCUT2D eigenvalue weighted by molar-refractivity contribution is 0.102. The Hall–Kier alpha value is -4.45. The summed E-state index contributed by atoms with van der Waals surface area (Å²) in [5, 5.41) is 5.89. The molecule has 0 saturated heterocycles. The van der Waals surface area contributed by atoms with Gasteiger partial charge < -0.3 is 15.4 Å². The quantitative estimate of drug-likeness (QED) is 0.370. The van der Waals surface area contributed by atoms with Crippen molar-refractivity contribution < 1.29 is 18.7 Å². The molecule has 1 aliphatic carbocycles. The molecule has 4 aromatic rings. The van der Waals surface area contributed by atoms with E-state index < -0.39 is 5.82 Å². The normalized spacial score (nSPS) is 12.2. The molecule has 1 aliphatic rings. The van der Waals surface area contributed by atoms with Crippen LogP contribution >= 0.6 is 0 Å². The number of hydrogen-bond acceptors (Lipinski definition) is 4. The summed E-state index contributed by atoms with van der Waals surface area (Å²) in [6.45, 7) is 0. The lowest BCUT2D eigenvalue weighted by atomic mass is 9.98. The zero-order valence-corrected chi connectivity index (χ0v) is 19.1. The van der Waals surface area contributed by atoms with E-state index in [4.69, 9.17) is 4.74 Å². The fourth-order valence-electron chi connectivity index (χ4n) is 4.28. The summed E-state index contributed by atoms with van der Waals surface area (Å²) in [5.41, 5.74) is 5.18. The molecule has 5 nitrogen and oxygen atoms in total. The van der Waals surface area contributed by atoms with E-state index >= 15 is 0 Å². The van der Waals surface area contributed by atoms with Crippen molar-refractivity contribution in [2.45, 2.75) is 12.8 Å². The number of amides is 1. The number of aryl methyl sites for hydroxylation is 2. The molecule has 0 radical (unpaired) electrons. The smallest absolute Gasteiger partial charge is 0.255 e. The van der Waals surface area contributed by atoms with Gasteiger partial charge in [0.1, 0.15) is 11.6 Å². The van der Waals surface area contributed by atoms with E-state index in [1.54, 1.807) is 49.6 Å². The molecule has 0 heterocycles. The Morgan fingerprint density at radius 1 is 0.829 bits per heavy atom. The molecular weight excluding hydrogens is 443 g/mol. The Labute approximate surface area is 202 Å². The van der Waals surface area contributed by atoms with E-state index in [-0.39, 0.29) is 17.4 Å². The number of methoxy groups -OCH3 is 1. The zero-order chi connectivity index (χ0) is 24.4. The lowest BCUT2D eigenvalue weighted by Crippen LogP contribution is -2.13. The van der Waals surface area contributed by atoms with Gasteiger partial charge in [-0.1, -0.05) is 24.3 Å². The van der Waals surface area contributed by atoms with Crippen LogP contribution in [0.1, 0.15) is 37.4 Å². The summed E-state index contributed by atoms with van der Waals surface area (Å²) in [5.74, 6) is -0.280. The van der Waals surface area contributed by atoms with Crippen molar-refractivity contribution >= 4 is 28.8 Å². The molecule has 5 rings (SSSR count). The molecule has 0 aromatic heterocycles. The molecule has 4 aromatic carbocycles. The Morgan fingerprint density at radius 3 is 2.37 bits per heavy atom. The highest BCUT2D eigenvalue weighted by molar-refractivity contribution is 6.11. The van der Waals surface area contributed by atoms with Gasteiger partial charge >= 0.3 is 0 Å². The van der Waals surface area contributed by atoms with Gasteiger partial charge in [-0.2, -0.15) is 0 Å². The third-order valence-electron chi connectivity index (χ3n) is 6.11. The van der Waals surface area contributed by atoms with Crippen molar-refractivity contribution in [2.75, 3.05) is 17.7 Å². The van der Waals surface area contributed by atoms with Crippen molar-refractivity contribution in [3.8, 4) is 5.75 Å². The molecule has 0 bridgehead atoms. The molecule has 2 N–H and O–H groups in total. The highest BCUT2D eigenvalue weighted by Crippen LogP contribution is 2.30. The number of benzene rings is 4. The van der Waals surface area contributed by atoms with Crippen molar-refractivity contribution in [3.05, 3.63) is 119 Å². The maximum atomic E-state index is 14.4. The number of halogens is 1. The summed E-state index contributed by atoms with van der Waals surface area (Å²) in [7, 11) is 1.59. The highest BCUT2D eigenvalue weighted by atomic mass is 19.1. The lowest BCUT2D eigenvalue weighted by Gasteiger charge is -2.13. The van der Waals surface area contributed by atoms with Crippen LogP contribution in [0, 0.1) is 5.82 Å². The topological polar surface area (TPSA) is 67.4 Å². The number of rotatable bonds is 5. The van der Waals surface area contributed by atoms with Crippen molar-refractivity contribution in [1.29, 1.82) is 0 Å². The van der Waals surface area contributed by atoms with Crippen LogP contribution in [0.25, 0.3) is 0 Å². The van der Waals surface area contributed by atoms with Crippen LogP contribution in [0.2, 0.25) is 0 Å². The molecule has 0 spiro atoms. The van der Waals surface area contributed by atoms with Gasteiger partial charge in [0.2, 0.25) is 0 Å². The van der Waals surface area contributed by atoms with Gasteiger partial charge in [0.05, 0.1) is 12.8 Å². The van der Waals surface area contributed by atoms with Crippen LogP contribution in [0.4, 0.5) is 21.5 Å². The minimum Gasteiger partial charge on any atom is -0.497 e. The van der Waals surface area contributed by atoms with Gasteiger partial charge in [-0.15, -0.1) is 0 Å². The van der Waals surface area contributed by atoms with Gasteiger partial charge in [-0.05, 0) is 84.6 Å². The Kier molecular flexibility index (Phi) is 6.02. The van der Waals surface area contributed by atoms with Crippen LogP contribution in [-0.4, -0.2) is 18.8 Å². The maximum Gasteiger partial charge on any atom is 0.255 e. The van der Waals surface area contributed by atoms with Crippen molar-refractivity contribution in [3.63, 3.8) is 0 Å². The van der Waals surface area contributed by atoms with Gasteiger partial charge in [0.15, 0.2) is 5.78 Å². The van der Waals surface area contributed by atoms with Gasteiger partial charge in [-0.25, -0.2) is 4.39 Å². The minimum absolute atomic E-state index is 0.0226. The van der Waals surface area contributed by atoms with Crippen molar-refractivity contribution in [1.82, 2.24) is 0 Å². The number of nitrogens with one attached hydrogen (secondary N) is 2. The second kappa shape index (κ2) is 9.43. The molecule has 0 fully saturated rings. The number of carbonyl (C=O) groups is 2. The molecule has 0 unspecified atom stereocenters. The molecule has 1 amide bonds. The average Bonchev–Trinajstić information content (AvgIpc) is 3.02. The highest BCUT2D eigenvalue weighted by Gasteiger charge is 2.22. The first-order valence-electron chi connectivity index (χ1n) is 11.3. The fraction of sp³-hybridized carbons (Fsp3) is 0.103. The summed E-state index contributed by atoms with van der Waals surface area (Å²) in [6, 6.07) is 24.3. The first-order valence-corrected chi connectivity index (χ1v) is 11.3. The van der Waals surface area contributed by atoms with E-state index in [9.17, 15) is 14.0 Å². The standard InChI is InChI=1S/C29H23FN2O3/c1-35-23-12-9-18-7-8-20-15-21(10-13-24(20)28(33)25(18)17-23)31-22-11-14-26(30)27(16-22)32-29(34)19-5-3-2-4-6-19/h2-6,9-17,31H,7-8H2,1H3,(H,32,34). The predicted molar refractivity (Wildman–Crippen MR) is 134 cm³/mol. The summed E-state index contributed by atoms with van der Waals surface area (Å²) in [6.07, 6.45) is 1.46. The number of carbonyl (C=O) groups excluding carboxylic acids is 2. The van der Waals surface area contributed by atoms with E-state index in [1.165, 1.54) is 6.07 Å². The third-order valence-corrected chi connectivity index (χ3v) is 6.11. The largest absolute Gasteiger partial charge is 0.497 e. The number of ketones is 1. The monoisotopic (exact) mass is 466 g/mol. The number of hydrogen-bond donors (Lipinski definition) is 2. The molecule has 174 valence electrons. The predicted octanol–water partition coefficient (Wildman–Crippen LogP) is 6.16. The molecule has 6 heteroatoms. The van der Waals surface area contributed by atoms with Gasteiger partial charge in [0.25, 0.3) is 5.91 Å². The minimum atomic E-state index is -0.527. The van der Waals surface area contributed by atoms with E-state index in [0.29, 0.717) is 28.1 Å². The van der Waals surface area contributed by atoms with Crippen LogP contribution < -0.4 is 15.4 Å². The SMILES string of the molecule is COc1ccc2c(c1)C(=O)c1ccc(Nc3ccc(F)c(NC(=O)c4ccccc4)c3)cc1CC2. The van der Waals surface area contributed by atoms with Crippen molar-refractivity contribution in [2.24, 2.45) is 0 Å². The van der Waals surface area contributed by atoms with Gasteiger partial charge in [-0.3, -0.25) is 9.59 Å². The molecule has 0 saturated carbocycles. The molecular formula is C29H23FN2O3. The van der Waals surface area contributed by atoms with Crippen LogP contribution in [0.3, 0.4) is 0 Å². The Bertz CT molecular complexity index is 1430. The Morgan fingerprint density at radius 2 is 1.57 bits per heavy atom. The van der Waals surface area contributed by atoms with E-state index in [1.807, 2.05) is 36.4 Å². The fourth-order valence-corrected chi connectivity index (χ4v) is 4.28. The number of anilines is 3. The van der Waals surface area contributed by atoms with Crippen LogP contribution in [0.15, 0.2) is 84.9 Å². The molecule has 0 aliphatic heterocycles. The summed E-state index contributed by atoms with van der Waals surface area (Å²) < 4.78 is 19.7. The number of fused-ring (bicyclic) bond motifs is 2. The number of ether oxygens (including phenoxy) is 1. The van der Waals surface area contributed by atoms with Crippen LogP contribution in [-0.2, 0) is 12.8 Å². The molecule has 0 atom stereocenters. The Balaban J connectivity index is 1.38. The zero-order valence-electron chi connectivity index (χ0n) is 19.1. The molecule has 35 heavy (non-hydrogen) atoms. The average molecular weight is 467 g/mol. The van der Waals surface area contributed by atoms with Crippen LogP contribution in [0.5, 0.6) is 5.75 Å². The summed E-state index contributed by atoms with van der Waals surface area (Å²) >= 11 is 0. The summed E-state index contributed by atoms with van der Waals surface area (Å²) in [4.78, 5) is 25.7. The second-order valence-electron chi connectivity index (χ2n) is 8.36. The van der Waals surface area contributed by atoms with Gasteiger partial charge in [0, 0.05) is 28.1 Å². The maximum absolute atomic E-state index is 14.4.